The molecule has 0 aromatic heterocycles. The van der Waals surface area contributed by atoms with Crippen LogP contribution in [-0.2, 0) is 11.2 Å². The molecular formula is C18H18N4O2S. The number of ether oxygens (including phenoxy) is 1. The van der Waals surface area contributed by atoms with Gasteiger partial charge in [-0.15, -0.1) is 0 Å². The molecule has 0 bridgehead atoms. The van der Waals surface area contributed by atoms with E-state index in [0.717, 1.165) is 12.1 Å². The van der Waals surface area contributed by atoms with Gasteiger partial charge in [0.25, 0.3) is 5.91 Å². The zero-order valence-corrected chi connectivity index (χ0v) is 14.5. The lowest BCUT2D eigenvalue weighted by Crippen LogP contribution is -2.45. The average molecular weight is 354 g/mol. The average Bonchev–Trinajstić information content (AvgIpc) is 2.65. The number of aryl methyl sites for hydroxylation is 1. The molecule has 7 heteroatoms. The molecular weight excluding hydrogens is 336 g/mol. The third-order valence-electron chi connectivity index (χ3n) is 3.29. The molecule has 25 heavy (non-hydrogen) atoms. The lowest BCUT2D eigenvalue weighted by atomic mass is 10.1. The van der Waals surface area contributed by atoms with Gasteiger partial charge in [-0.1, -0.05) is 19.1 Å². The van der Waals surface area contributed by atoms with E-state index in [-0.39, 0.29) is 17.6 Å². The van der Waals surface area contributed by atoms with Gasteiger partial charge in [-0.3, -0.25) is 15.6 Å². The van der Waals surface area contributed by atoms with Gasteiger partial charge in [-0.05, 0) is 60.6 Å². The standard InChI is InChI=1S/C18H18N4O2S/c1-2-13-3-7-15(8-4-13)20-18(25)22-21-17(23)12-24-16-9-5-14(11-19)6-10-16/h3-10H,2,12H2,1H3,(H,21,23)(H2,20,22,25). The molecule has 0 heterocycles. The highest BCUT2D eigenvalue weighted by Crippen LogP contribution is 2.11. The molecule has 0 aliphatic carbocycles. The van der Waals surface area contributed by atoms with Crippen molar-refractivity contribution in [1.82, 2.24) is 10.9 Å². The molecule has 3 N–H and O–H groups in total. The van der Waals surface area contributed by atoms with Crippen LogP contribution in [0.5, 0.6) is 5.75 Å². The van der Waals surface area contributed by atoms with Gasteiger partial charge in [0.15, 0.2) is 11.7 Å². The van der Waals surface area contributed by atoms with Crippen molar-refractivity contribution in [3.8, 4) is 11.8 Å². The molecule has 2 rings (SSSR count). The van der Waals surface area contributed by atoms with Crippen molar-refractivity contribution in [2.75, 3.05) is 11.9 Å². The van der Waals surface area contributed by atoms with Gasteiger partial charge >= 0.3 is 0 Å². The van der Waals surface area contributed by atoms with E-state index in [1.807, 2.05) is 30.3 Å². The van der Waals surface area contributed by atoms with E-state index in [2.05, 4.69) is 23.1 Å². The number of hydrogen-bond acceptors (Lipinski definition) is 4. The van der Waals surface area contributed by atoms with Gasteiger partial charge in [0.1, 0.15) is 5.75 Å². The maximum absolute atomic E-state index is 11.7. The SMILES string of the molecule is CCc1ccc(NC(=S)NNC(=O)COc2ccc(C#N)cc2)cc1. The summed E-state index contributed by atoms with van der Waals surface area (Å²) >= 11 is 5.11. The van der Waals surface area contributed by atoms with Crippen molar-refractivity contribution in [2.45, 2.75) is 13.3 Å². The fraction of sp³-hybridized carbons (Fsp3) is 0.167. The molecule has 6 nitrogen and oxygen atoms in total. The van der Waals surface area contributed by atoms with Crippen LogP contribution in [0.25, 0.3) is 0 Å². The van der Waals surface area contributed by atoms with Crippen LogP contribution >= 0.6 is 12.2 Å². The molecule has 0 atom stereocenters. The van der Waals surface area contributed by atoms with Crippen molar-refractivity contribution in [3.05, 3.63) is 59.7 Å². The summed E-state index contributed by atoms with van der Waals surface area (Å²) in [6, 6.07) is 16.4. The Kier molecular flexibility index (Phi) is 6.75. The highest BCUT2D eigenvalue weighted by molar-refractivity contribution is 7.80. The van der Waals surface area contributed by atoms with Gasteiger partial charge < -0.3 is 10.1 Å². The Morgan fingerprint density at radius 2 is 1.80 bits per heavy atom. The smallest absolute Gasteiger partial charge is 0.276 e. The second-order valence-electron chi connectivity index (χ2n) is 5.10. The Balaban J connectivity index is 1.71. The minimum atomic E-state index is -0.380. The van der Waals surface area contributed by atoms with E-state index in [1.165, 1.54) is 5.56 Å². The topological polar surface area (TPSA) is 86.2 Å². The predicted molar refractivity (Wildman–Crippen MR) is 100.0 cm³/mol. The van der Waals surface area contributed by atoms with Gasteiger partial charge in [0, 0.05) is 5.69 Å². The number of hydrazine groups is 1. The first-order chi connectivity index (χ1) is 12.1. The maximum atomic E-state index is 11.7. The monoisotopic (exact) mass is 354 g/mol. The number of benzene rings is 2. The van der Waals surface area contributed by atoms with E-state index < -0.39 is 0 Å². The number of hydrogen-bond donors (Lipinski definition) is 3. The Morgan fingerprint density at radius 1 is 1.12 bits per heavy atom. The van der Waals surface area contributed by atoms with E-state index in [9.17, 15) is 4.79 Å². The third kappa shape index (κ3) is 6.12. The Labute approximate surface area is 151 Å². The summed E-state index contributed by atoms with van der Waals surface area (Å²) in [7, 11) is 0. The van der Waals surface area contributed by atoms with Crippen LogP contribution in [0, 0.1) is 11.3 Å². The number of nitrogens with zero attached hydrogens (tertiary/aromatic N) is 1. The molecule has 0 saturated heterocycles. The Hall–Kier alpha value is -3.11. The highest BCUT2D eigenvalue weighted by atomic mass is 32.1. The first kappa shape index (κ1) is 18.2. The van der Waals surface area contributed by atoms with E-state index in [0.29, 0.717) is 11.3 Å². The second-order valence-corrected chi connectivity index (χ2v) is 5.51. The van der Waals surface area contributed by atoms with Crippen LogP contribution in [-0.4, -0.2) is 17.6 Å². The molecule has 2 aromatic carbocycles. The lowest BCUT2D eigenvalue weighted by molar-refractivity contribution is -0.123. The number of anilines is 1. The first-order valence-corrected chi connectivity index (χ1v) is 8.09. The largest absolute Gasteiger partial charge is 0.484 e. The summed E-state index contributed by atoms with van der Waals surface area (Å²) in [4.78, 5) is 11.7. The molecule has 1 amide bonds. The zero-order chi connectivity index (χ0) is 18.1. The molecule has 0 unspecified atom stereocenters. The number of amides is 1. The Bertz CT molecular complexity index is 767. The summed E-state index contributed by atoms with van der Waals surface area (Å²) in [6.45, 7) is 1.91. The molecule has 0 fully saturated rings. The predicted octanol–water partition coefficient (Wildman–Crippen LogP) is 2.52. The van der Waals surface area contributed by atoms with Gasteiger partial charge in [-0.25, -0.2) is 0 Å². The van der Waals surface area contributed by atoms with E-state index in [1.54, 1.807) is 24.3 Å². The zero-order valence-electron chi connectivity index (χ0n) is 13.7. The van der Waals surface area contributed by atoms with Crippen LogP contribution in [0.15, 0.2) is 48.5 Å². The fourth-order valence-electron chi connectivity index (χ4n) is 1.92. The molecule has 0 saturated carbocycles. The van der Waals surface area contributed by atoms with Gasteiger partial charge in [0.2, 0.25) is 0 Å². The van der Waals surface area contributed by atoms with Crippen LogP contribution in [0.2, 0.25) is 0 Å². The fourth-order valence-corrected chi connectivity index (χ4v) is 2.09. The highest BCUT2D eigenvalue weighted by Gasteiger charge is 2.04. The summed E-state index contributed by atoms with van der Waals surface area (Å²) in [5, 5.41) is 12.0. The molecule has 0 aliphatic heterocycles. The van der Waals surface area contributed by atoms with E-state index >= 15 is 0 Å². The number of rotatable bonds is 5. The number of carbonyl (C=O) groups is 1. The second kappa shape index (κ2) is 9.25. The first-order valence-electron chi connectivity index (χ1n) is 7.68. The molecule has 0 radical (unpaired) electrons. The maximum Gasteiger partial charge on any atom is 0.276 e. The van der Waals surface area contributed by atoms with Crippen molar-refractivity contribution in [2.24, 2.45) is 0 Å². The summed E-state index contributed by atoms with van der Waals surface area (Å²) in [6.07, 6.45) is 0.971. The molecule has 128 valence electrons. The normalized spacial score (nSPS) is 9.60. The van der Waals surface area contributed by atoms with Crippen LogP contribution in [0.1, 0.15) is 18.1 Å². The number of thiocarbonyl (C=S) groups is 1. The summed E-state index contributed by atoms with van der Waals surface area (Å²) in [5.74, 6) is 0.126. The van der Waals surface area contributed by atoms with Crippen LogP contribution in [0.3, 0.4) is 0 Å². The van der Waals surface area contributed by atoms with Crippen molar-refractivity contribution in [1.29, 1.82) is 5.26 Å². The van der Waals surface area contributed by atoms with Crippen molar-refractivity contribution >= 4 is 28.9 Å². The summed E-state index contributed by atoms with van der Waals surface area (Å²) < 4.78 is 5.32. The Morgan fingerprint density at radius 3 is 2.40 bits per heavy atom. The van der Waals surface area contributed by atoms with Crippen molar-refractivity contribution < 1.29 is 9.53 Å². The van der Waals surface area contributed by atoms with Gasteiger partial charge in [-0.2, -0.15) is 5.26 Å². The van der Waals surface area contributed by atoms with Gasteiger partial charge in [0.05, 0.1) is 11.6 Å². The molecule has 0 spiro atoms. The summed E-state index contributed by atoms with van der Waals surface area (Å²) in [5.41, 5.74) is 7.65. The lowest BCUT2D eigenvalue weighted by Gasteiger charge is -2.12. The minimum Gasteiger partial charge on any atom is -0.484 e. The van der Waals surface area contributed by atoms with E-state index in [4.69, 9.17) is 22.2 Å². The minimum absolute atomic E-state index is 0.174. The van der Waals surface area contributed by atoms with Crippen LogP contribution < -0.4 is 20.9 Å². The number of nitriles is 1. The third-order valence-corrected chi connectivity index (χ3v) is 3.49. The number of carbonyl (C=O) groups excluding carboxylic acids is 1. The van der Waals surface area contributed by atoms with Crippen molar-refractivity contribution in [3.63, 3.8) is 0 Å². The molecule has 2 aromatic rings. The molecule has 0 aliphatic rings. The number of nitrogens with one attached hydrogen (secondary N) is 3. The van der Waals surface area contributed by atoms with Crippen LogP contribution in [0.4, 0.5) is 5.69 Å². The quantitative estimate of drug-likeness (QED) is 0.565.